The van der Waals surface area contributed by atoms with Crippen molar-refractivity contribution in [1.29, 1.82) is 0 Å². The Hall–Kier alpha value is -1.07. The summed E-state index contributed by atoms with van der Waals surface area (Å²) in [5.74, 6) is 0.951. The molecule has 0 unspecified atom stereocenters. The fourth-order valence-electron chi connectivity index (χ4n) is 2.16. The van der Waals surface area contributed by atoms with Crippen LogP contribution in [-0.4, -0.2) is 25.1 Å². The van der Waals surface area contributed by atoms with Crippen LogP contribution in [0.3, 0.4) is 0 Å². The summed E-state index contributed by atoms with van der Waals surface area (Å²) in [6, 6.07) is 6.59. The molecule has 0 heterocycles. The van der Waals surface area contributed by atoms with Crippen LogP contribution in [0.2, 0.25) is 0 Å². The first-order valence-corrected chi connectivity index (χ1v) is 7.79. The van der Waals surface area contributed by atoms with E-state index in [-0.39, 0.29) is 18.0 Å². The third-order valence-electron chi connectivity index (χ3n) is 3.62. The summed E-state index contributed by atoms with van der Waals surface area (Å²) >= 11 is 3.49. The molecule has 0 aliphatic heterocycles. The molecular formula is C15H22BrN2O2+. The maximum absolute atomic E-state index is 12.0. The maximum Gasteiger partial charge on any atom is 0.278 e. The van der Waals surface area contributed by atoms with Gasteiger partial charge in [0.05, 0.1) is 11.6 Å². The Bertz CT molecular complexity index is 489. The fourth-order valence-corrected chi connectivity index (χ4v) is 2.72. The Labute approximate surface area is 128 Å². The number of hydrogen-bond donors (Lipinski definition) is 2. The van der Waals surface area contributed by atoms with Crippen molar-refractivity contribution >= 4 is 21.8 Å². The molecule has 1 saturated carbocycles. The highest BCUT2D eigenvalue weighted by Gasteiger charge is 2.28. The molecule has 1 aliphatic rings. The number of ether oxygens (including phenoxy) is 1. The van der Waals surface area contributed by atoms with E-state index in [1.165, 1.54) is 5.56 Å². The van der Waals surface area contributed by atoms with E-state index in [9.17, 15) is 4.79 Å². The molecule has 1 amide bonds. The molecule has 2 rings (SSSR count). The van der Waals surface area contributed by atoms with Crippen LogP contribution in [0.1, 0.15) is 38.3 Å². The highest BCUT2D eigenvalue weighted by molar-refractivity contribution is 9.10. The summed E-state index contributed by atoms with van der Waals surface area (Å²) in [5.41, 5.74) is 1.17. The van der Waals surface area contributed by atoms with Crippen LogP contribution in [0, 0.1) is 0 Å². The molecule has 0 aromatic heterocycles. The lowest BCUT2D eigenvalue weighted by Gasteiger charge is -2.17. The van der Waals surface area contributed by atoms with E-state index in [1.807, 2.05) is 25.1 Å². The number of halogens is 1. The first-order chi connectivity index (χ1) is 9.51. The van der Waals surface area contributed by atoms with Gasteiger partial charge in [-0.2, -0.15) is 0 Å². The number of carbonyl (C=O) groups is 1. The lowest BCUT2D eigenvalue weighted by molar-refractivity contribution is -0.710. The van der Waals surface area contributed by atoms with Crippen molar-refractivity contribution in [3.63, 3.8) is 0 Å². The molecule has 5 heteroatoms. The van der Waals surface area contributed by atoms with Crippen LogP contribution in [0.25, 0.3) is 0 Å². The minimum atomic E-state index is -0.0773. The molecule has 0 saturated heterocycles. The molecule has 110 valence electrons. The topological polar surface area (TPSA) is 54.9 Å². The van der Waals surface area contributed by atoms with Crippen LogP contribution >= 0.6 is 15.9 Å². The average Bonchev–Trinajstić information content (AvgIpc) is 3.22. The number of nitrogens with two attached hydrogens (primary N) is 1. The van der Waals surface area contributed by atoms with E-state index in [4.69, 9.17) is 4.74 Å². The highest BCUT2D eigenvalue weighted by Crippen LogP contribution is 2.27. The van der Waals surface area contributed by atoms with Crippen LogP contribution < -0.4 is 15.4 Å². The quantitative estimate of drug-likeness (QED) is 0.828. The summed E-state index contributed by atoms with van der Waals surface area (Å²) < 4.78 is 6.17. The number of nitrogens with one attached hydrogen (secondary N) is 1. The lowest BCUT2D eigenvalue weighted by atomic mass is 10.1. The van der Waals surface area contributed by atoms with Crippen molar-refractivity contribution in [1.82, 2.24) is 5.32 Å². The summed E-state index contributed by atoms with van der Waals surface area (Å²) in [6.45, 7) is 4.06. The van der Waals surface area contributed by atoms with Gasteiger partial charge in [-0.05, 0) is 60.8 Å². The second-order valence-corrected chi connectivity index (χ2v) is 6.30. The largest absolute Gasteiger partial charge is 0.496 e. The number of rotatable bonds is 6. The zero-order valence-corrected chi connectivity index (χ0v) is 13.7. The van der Waals surface area contributed by atoms with E-state index in [1.54, 1.807) is 7.11 Å². The zero-order chi connectivity index (χ0) is 14.7. The Morgan fingerprint density at radius 2 is 2.15 bits per heavy atom. The van der Waals surface area contributed by atoms with Gasteiger partial charge in [0.1, 0.15) is 11.8 Å². The SMILES string of the molecule is COc1ccc([C@@H](C)[NH2+][C@@H](C)C(=O)NC2CC2)cc1Br. The third kappa shape index (κ3) is 3.96. The number of benzene rings is 1. The monoisotopic (exact) mass is 341 g/mol. The number of quaternary nitrogens is 1. The van der Waals surface area contributed by atoms with Crippen molar-refractivity contribution < 1.29 is 14.8 Å². The van der Waals surface area contributed by atoms with Gasteiger partial charge in [0.25, 0.3) is 5.91 Å². The minimum absolute atomic E-state index is 0.0773. The van der Waals surface area contributed by atoms with Crippen molar-refractivity contribution in [2.75, 3.05) is 7.11 Å². The van der Waals surface area contributed by atoms with E-state index in [0.717, 1.165) is 23.1 Å². The molecule has 1 fully saturated rings. The Kier molecular flexibility index (Phi) is 5.05. The molecule has 2 atom stereocenters. The summed E-state index contributed by atoms with van der Waals surface area (Å²) in [6.07, 6.45) is 2.25. The Morgan fingerprint density at radius 3 is 2.70 bits per heavy atom. The molecule has 0 spiro atoms. The first kappa shape index (κ1) is 15.3. The van der Waals surface area contributed by atoms with E-state index < -0.39 is 0 Å². The second kappa shape index (κ2) is 6.59. The number of methoxy groups -OCH3 is 1. The molecule has 1 aliphatic carbocycles. The molecule has 3 N–H and O–H groups in total. The summed E-state index contributed by atoms with van der Waals surface area (Å²) in [7, 11) is 1.65. The smallest absolute Gasteiger partial charge is 0.278 e. The van der Waals surface area contributed by atoms with Gasteiger partial charge in [0.2, 0.25) is 0 Å². The molecule has 20 heavy (non-hydrogen) atoms. The van der Waals surface area contributed by atoms with Crippen LogP contribution in [0.5, 0.6) is 5.75 Å². The Balaban J connectivity index is 1.94. The molecular weight excluding hydrogens is 320 g/mol. The standard InChI is InChI=1S/C15H21BrN2O2/c1-9(11-4-7-14(20-3)13(16)8-11)17-10(2)15(19)18-12-5-6-12/h4,7-10,12,17H,5-6H2,1-3H3,(H,18,19)/p+1/t9-,10+/m1/s1. The van der Waals surface area contributed by atoms with Gasteiger partial charge in [-0.15, -0.1) is 0 Å². The van der Waals surface area contributed by atoms with Crippen molar-refractivity contribution in [3.05, 3.63) is 28.2 Å². The highest BCUT2D eigenvalue weighted by atomic mass is 79.9. The van der Waals surface area contributed by atoms with Gasteiger partial charge in [-0.3, -0.25) is 4.79 Å². The van der Waals surface area contributed by atoms with E-state index >= 15 is 0 Å². The van der Waals surface area contributed by atoms with Gasteiger partial charge >= 0.3 is 0 Å². The van der Waals surface area contributed by atoms with E-state index in [2.05, 4.69) is 33.5 Å². The maximum atomic E-state index is 12.0. The summed E-state index contributed by atoms with van der Waals surface area (Å²) in [4.78, 5) is 12.0. The molecule has 1 aromatic rings. The van der Waals surface area contributed by atoms with E-state index in [0.29, 0.717) is 6.04 Å². The molecule has 4 nitrogen and oxygen atoms in total. The second-order valence-electron chi connectivity index (χ2n) is 5.45. The third-order valence-corrected chi connectivity index (χ3v) is 4.24. The van der Waals surface area contributed by atoms with Crippen molar-refractivity contribution in [3.8, 4) is 5.75 Å². The number of hydrogen-bond acceptors (Lipinski definition) is 2. The summed E-state index contributed by atoms with van der Waals surface area (Å²) in [5, 5.41) is 5.13. The minimum Gasteiger partial charge on any atom is -0.496 e. The van der Waals surface area contributed by atoms with Gasteiger partial charge < -0.3 is 15.4 Å². The zero-order valence-electron chi connectivity index (χ0n) is 12.2. The number of amides is 1. The predicted octanol–water partition coefficient (Wildman–Crippen LogP) is 1.75. The normalized spacial score (nSPS) is 17.4. The van der Waals surface area contributed by atoms with Gasteiger partial charge in [-0.25, -0.2) is 0 Å². The molecule has 0 bridgehead atoms. The average molecular weight is 342 g/mol. The predicted molar refractivity (Wildman–Crippen MR) is 81.7 cm³/mol. The molecule has 1 aromatic carbocycles. The lowest BCUT2D eigenvalue weighted by Crippen LogP contribution is -2.92. The number of carbonyl (C=O) groups excluding carboxylic acids is 1. The van der Waals surface area contributed by atoms with Crippen molar-refractivity contribution in [2.24, 2.45) is 0 Å². The van der Waals surface area contributed by atoms with Crippen LogP contribution in [0.15, 0.2) is 22.7 Å². The van der Waals surface area contributed by atoms with Crippen LogP contribution in [-0.2, 0) is 4.79 Å². The van der Waals surface area contributed by atoms with Gasteiger partial charge in [0, 0.05) is 11.6 Å². The van der Waals surface area contributed by atoms with Gasteiger partial charge in [0.15, 0.2) is 6.04 Å². The first-order valence-electron chi connectivity index (χ1n) is 7.00. The van der Waals surface area contributed by atoms with Gasteiger partial charge in [-0.1, -0.05) is 0 Å². The fraction of sp³-hybridized carbons (Fsp3) is 0.533. The molecule has 0 radical (unpaired) electrons. The Morgan fingerprint density at radius 1 is 1.45 bits per heavy atom. The van der Waals surface area contributed by atoms with Crippen molar-refractivity contribution in [2.45, 2.75) is 44.8 Å². The van der Waals surface area contributed by atoms with Crippen LogP contribution in [0.4, 0.5) is 0 Å².